The van der Waals surface area contributed by atoms with Crippen LogP contribution in [0.4, 0.5) is 0 Å². The second-order valence-corrected chi connectivity index (χ2v) is 10.5. The topological polar surface area (TPSA) is 86.8 Å². The van der Waals surface area contributed by atoms with Crippen LogP contribution in [0.3, 0.4) is 0 Å². The van der Waals surface area contributed by atoms with Gasteiger partial charge in [0, 0.05) is 5.02 Å². The summed E-state index contributed by atoms with van der Waals surface area (Å²) in [6.07, 6.45) is 8.23. The van der Waals surface area contributed by atoms with Gasteiger partial charge in [-0.25, -0.2) is 14.3 Å². The highest BCUT2D eigenvalue weighted by atomic mass is 35.5. The minimum Gasteiger partial charge on any atom is -0.466 e. The Morgan fingerprint density at radius 1 is 1.09 bits per heavy atom. The number of tetrazole rings is 1. The summed E-state index contributed by atoms with van der Waals surface area (Å²) < 4.78 is 10.2. The van der Waals surface area contributed by atoms with Crippen molar-refractivity contribution in [3.05, 3.63) is 47.8 Å². The average Bonchev–Trinajstić information content (AvgIpc) is 3.47. The zero-order chi connectivity index (χ0) is 23.6. The van der Waals surface area contributed by atoms with Gasteiger partial charge in [0.1, 0.15) is 24.4 Å². The molecule has 4 rings (SSSR count). The Balaban J connectivity index is 1.83. The molecular weight excluding hydrogens is 440 g/mol. The normalized spacial score (nSPS) is 18.3. The van der Waals surface area contributed by atoms with Crippen LogP contribution in [0, 0.1) is 5.41 Å². The lowest BCUT2D eigenvalue weighted by molar-refractivity contribution is -0.00904. The van der Waals surface area contributed by atoms with E-state index in [0.717, 1.165) is 31.5 Å². The molecule has 2 atom stereocenters. The Labute approximate surface area is 200 Å². The first-order chi connectivity index (χ1) is 15.7. The summed E-state index contributed by atoms with van der Waals surface area (Å²) in [5, 5.41) is 18.4. The van der Waals surface area contributed by atoms with E-state index in [1.165, 1.54) is 12.7 Å². The molecule has 1 aliphatic carbocycles. The van der Waals surface area contributed by atoms with Crippen LogP contribution in [0.1, 0.15) is 71.0 Å². The molecule has 2 heterocycles. The Bertz CT molecular complexity index is 1020. The number of hydrogen-bond donors (Lipinski definition) is 0. The van der Waals surface area contributed by atoms with E-state index >= 15 is 0 Å². The minimum absolute atomic E-state index is 0.224. The average molecular weight is 473 g/mol. The van der Waals surface area contributed by atoms with Crippen molar-refractivity contribution in [2.75, 3.05) is 14.1 Å². The smallest absolute Gasteiger partial charge is 0.215 e. The van der Waals surface area contributed by atoms with E-state index in [1.807, 2.05) is 28.9 Å². The highest BCUT2D eigenvalue weighted by molar-refractivity contribution is 6.30. The van der Waals surface area contributed by atoms with E-state index in [2.05, 4.69) is 65.4 Å². The monoisotopic (exact) mass is 472 g/mol. The van der Waals surface area contributed by atoms with E-state index in [4.69, 9.17) is 16.3 Å². The van der Waals surface area contributed by atoms with Crippen LogP contribution in [0.5, 0.6) is 5.75 Å². The highest BCUT2D eigenvalue weighted by Crippen LogP contribution is 2.45. The fraction of sp³-hybridized carbons (Fsp3) is 0.609. The van der Waals surface area contributed by atoms with Gasteiger partial charge < -0.3 is 4.74 Å². The standard InChI is InChI=1S/C23H33ClN8O/c1-22(2,3)19(20(31-16-25-15-26-31)33-18-11-9-17(24)10-12-18)32-21(27-28-29-32)23(30(4)5)13-7-6-8-14-23/h9-12,15-16,19-20H,6-8,13-14H2,1-5H3/t19-,20+/m1/s1. The molecule has 0 unspecified atom stereocenters. The van der Waals surface area contributed by atoms with E-state index in [0.29, 0.717) is 10.8 Å². The van der Waals surface area contributed by atoms with Gasteiger partial charge in [-0.1, -0.05) is 51.6 Å². The van der Waals surface area contributed by atoms with Crippen LogP contribution in [-0.2, 0) is 5.54 Å². The molecule has 0 bridgehead atoms. The third kappa shape index (κ3) is 4.75. The van der Waals surface area contributed by atoms with Gasteiger partial charge in [0.15, 0.2) is 5.82 Å². The lowest BCUT2D eigenvalue weighted by Crippen LogP contribution is -2.47. The predicted molar refractivity (Wildman–Crippen MR) is 126 cm³/mol. The number of hydrogen-bond acceptors (Lipinski definition) is 7. The zero-order valence-corrected chi connectivity index (χ0v) is 20.8. The van der Waals surface area contributed by atoms with Crippen LogP contribution in [0.2, 0.25) is 5.02 Å². The molecule has 33 heavy (non-hydrogen) atoms. The Morgan fingerprint density at radius 3 is 2.36 bits per heavy atom. The summed E-state index contributed by atoms with van der Waals surface area (Å²) in [6, 6.07) is 7.07. The van der Waals surface area contributed by atoms with Crippen LogP contribution < -0.4 is 4.74 Å². The van der Waals surface area contributed by atoms with E-state index < -0.39 is 6.23 Å². The third-order valence-corrected chi connectivity index (χ3v) is 6.89. The van der Waals surface area contributed by atoms with Crippen molar-refractivity contribution in [1.29, 1.82) is 0 Å². The summed E-state index contributed by atoms with van der Waals surface area (Å²) in [7, 11) is 4.24. The molecule has 2 aromatic heterocycles. The minimum atomic E-state index is -0.529. The van der Waals surface area contributed by atoms with Gasteiger partial charge >= 0.3 is 0 Å². The van der Waals surface area contributed by atoms with Gasteiger partial charge in [0.05, 0.1) is 5.54 Å². The molecule has 0 N–H and O–H groups in total. The summed E-state index contributed by atoms with van der Waals surface area (Å²) in [5.41, 5.74) is -0.492. The molecule has 0 spiro atoms. The summed E-state index contributed by atoms with van der Waals surface area (Å²) in [4.78, 5) is 6.46. The summed E-state index contributed by atoms with van der Waals surface area (Å²) in [6.45, 7) is 6.50. The van der Waals surface area contributed by atoms with Gasteiger partial charge in [-0.3, -0.25) is 4.90 Å². The third-order valence-electron chi connectivity index (χ3n) is 6.63. The van der Waals surface area contributed by atoms with Crippen molar-refractivity contribution < 1.29 is 4.74 Å². The number of ether oxygens (including phenoxy) is 1. The molecule has 1 aromatic carbocycles. The maximum Gasteiger partial charge on any atom is 0.215 e. The molecule has 10 heteroatoms. The van der Waals surface area contributed by atoms with E-state index in [1.54, 1.807) is 11.0 Å². The molecule has 1 aliphatic rings. The van der Waals surface area contributed by atoms with Crippen molar-refractivity contribution in [3.63, 3.8) is 0 Å². The second kappa shape index (κ2) is 9.38. The Hall–Kier alpha value is -2.52. The van der Waals surface area contributed by atoms with E-state index in [-0.39, 0.29) is 17.0 Å². The van der Waals surface area contributed by atoms with Crippen molar-refractivity contribution in [1.82, 2.24) is 39.9 Å². The molecule has 0 amide bonds. The van der Waals surface area contributed by atoms with Crippen molar-refractivity contribution >= 4 is 11.6 Å². The van der Waals surface area contributed by atoms with Crippen LogP contribution in [0.15, 0.2) is 36.9 Å². The van der Waals surface area contributed by atoms with Crippen molar-refractivity contribution in [2.24, 2.45) is 5.41 Å². The van der Waals surface area contributed by atoms with Crippen LogP contribution in [0.25, 0.3) is 0 Å². The maximum atomic E-state index is 6.53. The first kappa shape index (κ1) is 23.6. The number of benzene rings is 1. The van der Waals surface area contributed by atoms with Gasteiger partial charge in [-0.15, -0.1) is 5.10 Å². The number of aromatic nitrogens is 7. The van der Waals surface area contributed by atoms with Crippen LogP contribution >= 0.6 is 11.6 Å². The van der Waals surface area contributed by atoms with Gasteiger partial charge in [0.25, 0.3) is 0 Å². The largest absolute Gasteiger partial charge is 0.466 e. The number of nitrogens with zero attached hydrogens (tertiary/aromatic N) is 8. The molecule has 178 valence electrons. The summed E-state index contributed by atoms with van der Waals surface area (Å²) >= 11 is 6.10. The summed E-state index contributed by atoms with van der Waals surface area (Å²) in [5.74, 6) is 1.56. The molecular formula is C23H33ClN8O. The van der Waals surface area contributed by atoms with Gasteiger partial charge in [0.2, 0.25) is 6.23 Å². The lowest BCUT2D eigenvalue weighted by Gasteiger charge is -2.44. The predicted octanol–water partition coefficient (Wildman–Crippen LogP) is 4.50. The second-order valence-electron chi connectivity index (χ2n) is 10.1. The van der Waals surface area contributed by atoms with Crippen molar-refractivity contribution in [3.8, 4) is 5.75 Å². The SMILES string of the molecule is CN(C)C1(c2nnnn2[C@H]([C@H](Oc2ccc(Cl)cc2)n2cncn2)C(C)(C)C)CCCCC1. The molecule has 3 aromatic rings. The fourth-order valence-corrected chi connectivity index (χ4v) is 5.00. The van der Waals surface area contributed by atoms with Gasteiger partial charge in [-0.2, -0.15) is 5.10 Å². The Morgan fingerprint density at radius 2 is 1.79 bits per heavy atom. The van der Waals surface area contributed by atoms with Gasteiger partial charge in [-0.05, 0) is 67.0 Å². The van der Waals surface area contributed by atoms with Crippen molar-refractivity contribution in [2.45, 2.75) is 70.7 Å². The molecule has 1 fully saturated rings. The lowest BCUT2D eigenvalue weighted by atomic mass is 9.79. The molecule has 9 nitrogen and oxygen atoms in total. The molecule has 0 aliphatic heterocycles. The molecule has 0 radical (unpaired) electrons. The number of rotatable bonds is 7. The Kier molecular flexibility index (Phi) is 6.72. The first-order valence-electron chi connectivity index (χ1n) is 11.4. The quantitative estimate of drug-likeness (QED) is 0.500. The molecule has 0 saturated heterocycles. The highest BCUT2D eigenvalue weighted by Gasteiger charge is 2.46. The first-order valence-corrected chi connectivity index (χ1v) is 11.8. The maximum absolute atomic E-state index is 6.53. The van der Waals surface area contributed by atoms with E-state index in [9.17, 15) is 0 Å². The number of halogens is 1. The molecule has 1 saturated carbocycles. The fourth-order valence-electron chi connectivity index (χ4n) is 4.87. The van der Waals surface area contributed by atoms with Crippen LogP contribution in [-0.4, -0.2) is 54.0 Å². The zero-order valence-electron chi connectivity index (χ0n) is 20.0.